The highest BCUT2D eigenvalue weighted by molar-refractivity contribution is 6.29. The average Bonchev–Trinajstić information content (AvgIpc) is 2.03. The number of hydrogen-bond acceptors (Lipinski definition) is 4. The molecule has 1 atom stereocenters. The molecule has 0 spiro atoms. The molecule has 72 valence electrons. The SMILES string of the molecule is CCOC(OCC)C(Cl)C(=O)[O-]. The van der Waals surface area contributed by atoms with E-state index in [0.717, 1.165) is 0 Å². The Morgan fingerprint density at radius 1 is 1.42 bits per heavy atom. The van der Waals surface area contributed by atoms with Crippen LogP contribution in [-0.4, -0.2) is 30.9 Å². The average molecular weight is 196 g/mol. The molecule has 0 aliphatic heterocycles. The van der Waals surface area contributed by atoms with Crippen LogP contribution in [-0.2, 0) is 14.3 Å². The molecule has 0 bridgehead atoms. The van der Waals surface area contributed by atoms with E-state index in [0.29, 0.717) is 13.2 Å². The monoisotopic (exact) mass is 195 g/mol. The van der Waals surface area contributed by atoms with Gasteiger partial charge in [0.15, 0.2) is 6.29 Å². The summed E-state index contributed by atoms with van der Waals surface area (Å²) in [7, 11) is 0. The van der Waals surface area contributed by atoms with Crippen molar-refractivity contribution in [3.05, 3.63) is 0 Å². The van der Waals surface area contributed by atoms with Crippen molar-refractivity contribution in [2.24, 2.45) is 0 Å². The van der Waals surface area contributed by atoms with Gasteiger partial charge in [0.25, 0.3) is 0 Å². The summed E-state index contributed by atoms with van der Waals surface area (Å²) in [6.07, 6.45) is -0.924. The zero-order chi connectivity index (χ0) is 9.56. The topological polar surface area (TPSA) is 58.6 Å². The Bertz CT molecular complexity index is 133. The number of hydrogen-bond donors (Lipinski definition) is 0. The van der Waals surface area contributed by atoms with Crippen LogP contribution in [0, 0.1) is 0 Å². The summed E-state index contributed by atoms with van der Waals surface area (Å²) < 4.78 is 9.86. The molecule has 0 rings (SSSR count). The molecule has 0 N–H and O–H groups in total. The molecule has 0 aliphatic carbocycles. The van der Waals surface area contributed by atoms with Crippen LogP contribution in [0.4, 0.5) is 0 Å². The third-order valence-corrected chi connectivity index (χ3v) is 1.51. The highest BCUT2D eigenvalue weighted by Crippen LogP contribution is 2.07. The number of carboxylic acids is 1. The van der Waals surface area contributed by atoms with Crippen molar-refractivity contribution in [3.8, 4) is 0 Å². The van der Waals surface area contributed by atoms with Crippen LogP contribution in [0.1, 0.15) is 13.8 Å². The first-order chi connectivity index (χ1) is 5.63. The van der Waals surface area contributed by atoms with Crippen LogP contribution in [0.5, 0.6) is 0 Å². The van der Waals surface area contributed by atoms with Gasteiger partial charge in [-0.25, -0.2) is 0 Å². The van der Waals surface area contributed by atoms with E-state index in [4.69, 9.17) is 21.1 Å². The standard InChI is InChI=1S/C7H13ClO4/c1-3-11-7(12-4-2)5(8)6(9)10/h5,7H,3-4H2,1-2H3,(H,9,10)/p-1. The number of aliphatic carboxylic acids is 1. The minimum Gasteiger partial charge on any atom is -0.548 e. The third kappa shape index (κ3) is 3.90. The minimum atomic E-state index is -1.39. The summed E-state index contributed by atoms with van der Waals surface area (Å²) in [5.41, 5.74) is 0. The van der Waals surface area contributed by atoms with Crippen LogP contribution in [0.3, 0.4) is 0 Å². The number of ether oxygens (including phenoxy) is 2. The van der Waals surface area contributed by atoms with Crippen LogP contribution < -0.4 is 5.11 Å². The summed E-state index contributed by atoms with van der Waals surface area (Å²) in [4.78, 5) is 10.3. The molecule has 0 aromatic rings. The number of rotatable bonds is 6. The maximum absolute atomic E-state index is 10.3. The van der Waals surface area contributed by atoms with E-state index in [1.807, 2.05) is 0 Å². The van der Waals surface area contributed by atoms with Gasteiger partial charge in [-0.3, -0.25) is 0 Å². The Kier molecular flexibility index (Phi) is 6.06. The molecule has 0 amide bonds. The quantitative estimate of drug-likeness (QED) is 0.433. The molecule has 4 nitrogen and oxygen atoms in total. The van der Waals surface area contributed by atoms with Gasteiger partial charge in [0.2, 0.25) is 0 Å². The second-order valence-corrected chi connectivity index (χ2v) is 2.47. The number of carbonyl (C=O) groups is 1. The van der Waals surface area contributed by atoms with Gasteiger partial charge < -0.3 is 19.4 Å². The number of carboxylic acid groups (broad SMARTS) is 1. The van der Waals surface area contributed by atoms with Crippen LogP contribution in [0.2, 0.25) is 0 Å². The smallest absolute Gasteiger partial charge is 0.179 e. The van der Waals surface area contributed by atoms with E-state index in [1.165, 1.54) is 0 Å². The van der Waals surface area contributed by atoms with Gasteiger partial charge in [0, 0.05) is 13.2 Å². The fourth-order valence-electron chi connectivity index (χ4n) is 0.657. The van der Waals surface area contributed by atoms with Gasteiger partial charge in [-0.1, -0.05) is 0 Å². The van der Waals surface area contributed by atoms with Gasteiger partial charge in [0.05, 0.1) is 5.97 Å². The van der Waals surface area contributed by atoms with Crippen molar-refractivity contribution >= 4 is 17.6 Å². The Hall–Kier alpha value is -0.320. The zero-order valence-corrected chi connectivity index (χ0v) is 7.84. The lowest BCUT2D eigenvalue weighted by atomic mass is 10.4. The summed E-state index contributed by atoms with van der Waals surface area (Å²) in [6.45, 7) is 4.15. The van der Waals surface area contributed by atoms with Gasteiger partial charge >= 0.3 is 0 Å². The second-order valence-electron chi connectivity index (χ2n) is 2.00. The molecule has 0 fully saturated rings. The minimum absolute atomic E-state index is 0.348. The molecule has 0 aromatic heterocycles. The van der Waals surface area contributed by atoms with E-state index < -0.39 is 17.6 Å². The van der Waals surface area contributed by atoms with Gasteiger partial charge in [0.1, 0.15) is 5.38 Å². The molecular formula is C7H12ClO4-. The van der Waals surface area contributed by atoms with E-state index in [9.17, 15) is 9.90 Å². The van der Waals surface area contributed by atoms with Crippen molar-refractivity contribution < 1.29 is 19.4 Å². The second kappa shape index (κ2) is 6.22. The Balaban J connectivity index is 3.98. The lowest BCUT2D eigenvalue weighted by molar-refractivity contribution is -0.310. The van der Waals surface area contributed by atoms with E-state index >= 15 is 0 Å². The maximum Gasteiger partial charge on any atom is 0.179 e. The lowest BCUT2D eigenvalue weighted by Gasteiger charge is -2.22. The summed E-state index contributed by atoms with van der Waals surface area (Å²) in [6, 6.07) is 0. The number of halogens is 1. The van der Waals surface area contributed by atoms with Crippen molar-refractivity contribution in [1.29, 1.82) is 0 Å². The molecular weight excluding hydrogens is 184 g/mol. The number of alkyl halides is 1. The molecule has 0 saturated carbocycles. The highest BCUT2D eigenvalue weighted by Gasteiger charge is 2.20. The molecule has 12 heavy (non-hydrogen) atoms. The van der Waals surface area contributed by atoms with Gasteiger partial charge in [-0.15, -0.1) is 11.6 Å². The summed E-state index contributed by atoms with van der Waals surface area (Å²) in [5, 5.41) is 9.03. The Labute approximate surface area is 76.4 Å². The van der Waals surface area contributed by atoms with Gasteiger partial charge in [-0.05, 0) is 13.8 Å². The number of carbonyl (C=O) groups excluding carboxylic acids is 1. The molecule has 0 aromatic carbocycles. The Morgan fingerprint density at radius 2 is 1.83 bits per heavy atom. The van der Waals surface area contributed by atoms with Crippen LogP contribution in [0.25, 0.3) is 0 Å². The first kappa shape index (κ1) is 11.7. The molecule has 1 unspecified atom stereocenters. The van der Waals surface area contributed by atoms with Crippen molar-refractivity contribution in [2.75, 3.05) is 13.2 Å². The van der Waals surface area contributed by atoms with Crippen molar-refractivity contribution in [1.82, 2.24) is 0 Å². The van der Waals surface area contributed by atoms with Gasteiger partial charge in [-0.2, -0.15) is 0 Å². The first-order valence-electron chi connectivity index (χ1n) is 3.71. The fourth-order valence-corrected chi connectivity index (χ4v) is 0.802. The van der Waals surface area contributed by atoms with Crippen molar-refractivity contribution in [2.45, 2.75) is 25.5 Å². The lowest BCUT2D eigenvalue weighted by Crippen LogP contribution is -2.42. The van der Waals surface area contributed by atoms with E-state index in [2.05, 4.69) is 0 Å². The summed E-state index contributed by atoms with van der Waals surface area (Å²) >= 11 is 5.43. The highest BCUT2D eigenvalue weighted by atomic mass is 35.5. The summed E-state index contributed by atoms with van der Waals surface area (Å²) in [5.74, 6) is -1.39. The third-order valence-electron chi connectivity index (χ3n) is 1.13. The van der Waals surface area contributed by atoms with E-state index in [1.54, 1.807) is 13.8 Å². The van der Waals surface area contributed by atoms with Crippen LogP contribution >= 0.6 is 11.6 Å². The largest absolute Gasteiger partial charge is 0.548 e. The molecule has 0 heterocycles. The molecule has 0 saturated heterocycles. The molecule has 5 heteroatoms. The maximum atomic E-state index is 10.3. The van der Waals surface area contributed by atoms with Crippen molar-refractivity contribution in [3.63, 3.8) is 0 Å². The first-order valence-corrected chi connectivity index (χ1v) is 4.15. The van der Waals surface area contributed by atoms with Crippen LogP contribution in [0.15, 0.2) is 0 Å². The zero-order valence-electron chi connectivity index (χ0n) is 7.08. The predicted octanol–water partition coefficient (Wildman–Crippen LogP) is -0.257. The molecule has 0 radical (unpaired) electrons. The molecule has 0 aliphatic rings. The normalized spacial score (nSPS) is 13.3. The van der Waals surface area contributed by atoms with E-state index in [-0.39, 0.29) is 0 Å². The predicted molar refractivity (Wildman–Crippen MR) is 41.7 cm³/mol. The fraction of sp³-hybridized carbons (Fsp3) is 0.857. The Morgan fingerprint density at radius 3 is 2.08 bits per heavy atom.